The molecule has 1 aromatic carbocycles. The summed E-state index contributed by atoms with van der Waals surface area (Å²) in [6.07, 6.45) is 4.10. The molecule has 1 aromatic heterocycles. The van der Waals surface area contributed by atoms with Crippen molar-refractivity contribution in [2.45, 2.75) is 44.8 Å². The predicted octanol–water partition coefficient (Wildman–Crippen LogP) is 2.01. The summed E-state index contributed by atoms with van der Waals surface area (Å²) in [7, 11) is 0. The van der Waals surface area contributed by atoms with E-state index in [0.717, 1.165) is 23.7 Å². The molecule has 96 valence electrons. The van der Waals surface area contributed by atoms with Crippen LogP contribution in [0.15, 0.2) is 18.3 Å². The van der Waals surface area contributed by atoms with E-state index in [-0.39, 0.29) is 12.1 Å². The summed E-state index contributed by atoms with van der Waals surface area (Å²) in [6, 6.07) is 5.35. The first-order valence-corrected chi connectivity index (χ1v) is 6.60. The molecule has 1 aliphatic rings. The maximum Gasteiger partial charge on any atom is 0.0653 e. The van der Waals surface area contributed by atoms with Gasteiger partial charge >= 0.3 is 0 Å². The third kappa shape index (κ3) is 1.91. The molecule has 0 bridgehead atoms. The van der Waals surface area contributed by atoms with Crippen LogP contribution in [-0.4, -0.2) is 22.3 Å². The SMILES string of the molecule is Cc1cc2cn[nH]c2cc1C1NC(C)CCC1N. The van der Waals surface area contributed by atoms with Crippen molar-refractivity contribution in [3.63, 3.8) is 0 Å². The van der Waals surface area contributed by atoms with Gasteiger partial charge in [0.25, 0.3) is 0 Å². The number of aryl methyl sites for hydroxylation is 1. The first-order valence-electron chi connectivity index (χ1n) is 6.60. The van der Waals surface area contributed by atoms with E-state index in [2.05, 4.69) is 41.5 Å². The molecule has 2 heterocycles. The number of rotatable bonds is 1. The molecule has 4 heteroatoms. The molecule has 3 rings (SSSR count). The number of piperidine rings is 1. The van der Waals surface area contributed by atoms with Gasteiger partial charge < -0.3 is 11.1 Å². The highest BCUT2D eigenvalue weighted by atomic mass is 15.1. The van der Waals surface area contributed by atoms with Crippen LogP contribution in [-0.2, 0) is 0 Å². The molecule has 0 aliphatic carbocycles. The number of H-pyrrole nitrogens is 1. The van der Waals surface area contributed by atoms with E-state index >= 15 is 0 Å². The van der Waals surface area contributed by atoms with E-state index < -0.39 is 0 Å². The average molecular weight is 244 g/mol. The van der Waals surface area contributed by atoms with Crippen molar-refractivity contribution >= 4 is 10.9 Å². The van der Waals surface area contributed by atoms with E-state index in [4.69, 9.17) is 5.73 Å². The van der Waals surface area contributed by atoms with Crippen molar-refractivity contribution in [1.82, 2.24) is 15.5 Å². The van der Waals surface area contributed by atoms with Gasteiger partial charge in [-0.15, -0.1) is 0 Å². The Morgan fingerprint density at radius 2 is 2.17 bits per heavy atom. The molecule has 3 unspecified atom stereocenters. The Labute approximate surface area is 107 Å². The standard InChI is InChI=1S/C14H20N4/c1-8-5-10-7-16-18-13(10)6-11(8)14-12(15)4-3-9(2)17-14/h5-7,9,12,14,17H,3-4,15H2,1-2H3,(H,16,18). The van der Waals surface area contributed by atoms with E-state index in [9.17, 15) is 0 Å². The topological polar surface area (TPSA) is 66.7 Å². The second-order valence-corrected chi connectivity index (χ2v) is 5.45. The molecule has 0 amide bonds. The molecule has 1 fully saturated rings. The Bertz CT molecular complexity index is 560. The molecule has 0 saturated carbocycles. The van der Waals surface area contributed by atoms with Crippen LogP contribution in [0.25, 0.3) is 10.9 Å². The lowest BCUT2D eigenvalue weighted by Crippen LogP contribution is -2.47. The Morgan fingerprint density at radius 1 is 1.33 bits per heavy atom. The quantitative estimate of drug-likeness (QED) is 0.719. The predicted molar refractivity (Wildman–Crippen MR) is 73.4 cm³/mol. The summed E-state index contributed by atoms with van der Waals surface area (Å²) in [4.78, 5) is 0. The van der Waals surface area contributed by atoms with Crippen molar-refractivity contribution in [2.24, 2.45) is 5.73 Å². The van der Waals surface area contributed by atoms with Crippen LogP contribution in [0, 0.1) is 6.92 Å². The fraction of sp³-hybridized carbons (Fsp3) is 0.500. The number of hydrogen-bond acceptors (Lipinski definition) is 3. The zero-order valence-corrected chi connectivity index (χ0v) is 10.9. The van der Waals surface area contributed by atoms with E-state index in [1.54, 1.807) is 0 Å². The summed E-state index contributed by atoms with van der Waals surface area (Å²) in [5, 5.41) is 11.9. The van der Waals surface area contributed by atoms with Gasteiger partial charge in [0.1, 0.15) is 0 Å². The zero-order chi connectivity index (χ0) is 12.7. The first kappa shape index (κ1) is 11.7. The lowest BCUT2D eigenvalue weighted by atomic mass is 9.87. The van der Waals surface area contributed by atoms with Crippen molar-refractivity contribution in [3.8, 4) is 0 Å². The van der Waals surface area contributed by atoms with Crippen LogP contribution in [0.4, 0.5) is 0 Å². The number of fused-ring (bicyclic) bond motifs is 1. The number of aromatic amines is 1. The highest BCUT2D eigenvalue weighted by Crippen LogP contribution is 2.29. The molecule has 0 spiro atoms. The number of hydrogen-bond donors (Lipinski definition) is 3. The van der Waals surface area contributed by atoms with Gasteiger partial charge in [-0.1, -0.05) is 0 Å². The van der Waals surface area contributed by atoms with Crippen LogP contribution in [0.2, 0.25) is 0 Å². The van der Waals surface area contributed by atoms with Crippen LogP contribution in [0.5, 0.6) is 0 Å². The fourth-order valence-corrected chi connectivity index (χ4v) is 2.90. The number of nitrogens with two attached hydrogens (primary N) is 1. The summed E-state index contributed by atoms with van der Waals surface area (Å²) in [5.74, 6) is 0. The molecule has 1 saturated heterocycles. The number of benzene rings is 1. The van der Waals surface area contributed by atoms with Gasteiger partial charge in [-0.2, -0.15) is 5.10 Å². The molecule has 4 N–H and O–H groups in total. The molecule has 3 atom stereocenters. The first-order chi connectivity index (χ1) is 8.65. The monoisotopic (exact) mass is 244 g/mol. The minimum Gasteiger partial charge on any atom is -0.326 e. The Morgan fingerprint density at radius 3 is 3.00 bits per heavy atom. The fourth-order valence-electron chi connectivity index (χ4n) is 2.90. The largest absolute Gasteiger partial charge is 0.326 e. The van der Waals surface area contributed by atoms with Crippen LogP contribution < -0.4 is 11.1 Å². The van der Waals surface area contributed by atoms with Gasteiger partial charge in [-0.3, -0.25) is 5.10 Å². The van der Waals surface area contributed by atoms with Crippen molar-refractivity contribution in [3.05, 3.63) is 29.5 Å². The third-order valence-corrected chi connectivity index (χ3v) is 3.99. The van der Waals surface area contributed by atoms with Gasteiger partial charge in [0.05, 0.1) is 11.7 Å². The Hall–Kier alpha value is -1.39. The van der Waals surface area contributed by atoms with Gasteiger partial charge in [0, 0.05) is 23.5 Å². The normalized spacial score (nSPS) is 28.7. The van der Waals surface area contributed by atoms with Crippen LogP contribution in [0.1, 0.15) is 36.9 Å². The zero-order valence-electron chi connectivity index (χ0n) is 10.9. The van der Waals surface area contributed by atoms with Crippen molar-refractivity contribution in [1.29, 1.82) is 0 Å². The second kappa shape index (κ2) is 4.37. The summed E-state index contributed by atoms with van der Waals surface area (Å²) < 4.78 is 0. The van der Waals surface area contributed by atoms with Crippen LogP contribution in [0.3, 0.4) is 0 Å². The minimum absolute atomic E-state index is 0.195. The number of nitrogens with one attached hydrogen (secondary N) is 2. The lowest BCUT2D eigenvalue weighted by Gasteiger charge is -2.35. The summed E-state index contributed by atoms with van der Waals surface area (Å²) in [6.45, 7) is 4.37. The maximum absolute atomic E-state index is 6.27. The Balaban J connectivity index is 2.03. The molecule has 1 aliphatic heterocycles. The summed E-state index contributed by atoms with van der Waals surface area (Å²) >= 11 is 0. The molecule has 2 aromatic rings. The highest BCUT2D eigenvalue weighted by molar-refractivity contribution is 5.79. The number of nitrogens with zero attached hydrogens (tertiary/aromatic N) is 1. The minimum atomic E-state index is 0.195. The van der Waals surface area contributed by atoms with Gasteiger partial charge in [0.15, 0.2) is 0 Å². The lowest BCUT2D eigenvalue weighted by molar-refractivity contribution is 0.300. The van der Waals surface area contributed by atoms with E-state index in [1.807, 2.05) is 6.20 Å². The highest BCUT2D eigenvalue weighted by Gasteiger charge is 2.27. The second-order valence-electron chi connectivity index (χ2n) is 5.45. The van der Waals surface area contributed by atoms with Crippen molar-refractivity contribution < 1.29 is 0 Å². The smallest absolute Gasteiger partial charge is 0.0653 e. The molecule has 4 nitrogen and oxygen atoms in total. The average Bonchev–Trinajstić information content (AvgIpc) is 2.78. The molecule has 0 radical (unpaired) electrons. The summed E-state index contributed by atoms with van der Waals surface area (Å²) in [5.41, 5.74) is 9.94. The van der Waals surface area contributed by atoms with E-state index in [1.165, 1.54) is 11.1 Å². The Kier molecular flexibility index (Phi) is 2.84. The molecule has 18 heavy (non-hydrogen) atoms. The van der Waals surface area contributed by atoms with Gasteiger partial charge in [0.2, 0.25) is 0 Å². The maximum atomic E-state index is 6.27. The van der Waals surface area contributed by atoms with Crippen molar-refractivity contribution in [2.75, 3.05) is 0 Å². The third-order valence-electron chi connectivity index (χ3n) is 3.99. The van der Waals surface area contributed by atoms with Gasteiger partial charge in [-0.05, 0) is 49.9 Å². The van der Waals surface area contributed by atoms with Gasteiger partial charge in [-0.25, -0.2) is 0 Å². The van der Waals surface area contributed by atoms with Crippen LogP contribution >= 0.6 is 0 Å². The molecular formula is C14H20N4. The van der Waals surface area contributed by atoms with E-state index in [0.29, 0.717) is 6.04 Å². The number of aromatic nitrogens is 2. The molecular weight excluding hydrogens is 224 g/mol.